The van der Waals surface area contributed by atoms with E-state index in [1.165, 1.54) is 32.1 Å². The zero-order valence-corrected chi connectivity index (χ0v) is 14.1. The average Bonchev–Trinajstić information content (AvgIpc) is 2.82. The number of hydrogen-bond donors (Lipinski definition) is 0. The normalized spacial score (nSPS) is 15.5. The number of pyridine rings is 1. The number of carbonyl (C=O) groups is 1. The van der Waals surface area contributed by atoms with E-state index in [-0.39, 0.29) is 12.4 Å². The summed E-state index contributed by atoms with van der Waals surface area (Å²) in [4.78, 5) is 16.0. The number of nitrogens with zero attached hydrogens (tertiary/aromatic N) is 2. The van der Waals surface area contributed by atoms with Gasteiger partial charge < -0.3 is 4.74 Å². The summed E-state index contributed by atoms with van der Waals surface area (Å²) < 4.78 is 7.68. The standard InChI is InChI=1S/C16H19ClN2O2.ClH/c1-11-14(15(17)20)19-9-5-8-13(16(19)18-11)21-10-12-6-3-2-4-7-12;/h5,8-9,12H,2-4,6-7,10H2,1H3;1H. The van der Waals surface area contributed by atoms with Crippen LogP contribution in [0.5, 0.6) is 5.75 Å². The van der Waals surface area contributed by atoms with Crippen LogP contribution in [0.1, 0.15) is 48.3 Å². The summed E-state index contributed by atoms with van der Waals surface area (Å²) in [6.07, 6.45) is 8.20. The molecule has 4 nitrogen and oxygen atoms in total. The second kappa shape index (κ2) is 7.34. The number of halogens is 2. The van der Waals surface area contributed by atoms with E-state index < -0.39 is 5.24 Å². The van der Waals surface area contributed by atoms with Crippen molar-refractivity contribution in [3.8, 4) is 5.75 Å². The molecule has 2 aromatic heterocycles. The van der Waals surface area contributed by atoms with Crippen LogP contribution in [0.25, 0.3) is 5.65 Å². The van der Waals surface area contributed by atoms with Gasteiger partial charge in [-0.3, -0.25) is 9.20 Å². The average molecular weight is 343 g/mol. The SMILES string of the molecule is Cc1nc2c(OCC3CCCCC3)cccn2c1C(=O)Cl.Cl. The molecule has 1 fully saturated rings. The largest absolute Gasteiger partial charge is 0.489 e. The van der Waals surface area contributed by atoms with Crippen molar-refractivity contribution >= 4 is 34.9 Å². The van der Waals surface area contributed by atoms with Gasteiger partial charge in [0.25, 0.3) is 5.24 Å². The smallest absolute Gasteiger partial charge is 0.271 e. The minimum atomic E-state index is -0.496. The molecule has 0 amide bonds. The summed E-state index contributed by atoms with van der Waals surface area (Å²) in [6, 6.07) is 3.75. The first-order chi connectivity index (χ1) is 10.2. The van der Waals surface area contributed by atoms with Crippen LogP contribution in [-0.2, 0) is 0 Å². The number of rotatable bonds is 4. The summed E-state index contributed by atoms with van der Waals surface area (Å²) >= 11 is 5.64. The lowest BCUT2D eigenvalue weighted by Gasteiger charge is -2.21. The van der Waals surface area contributed by atoms with Gasteiger partial charge in [-0.25, -0.2) is 4.98 Å². The molecule has 0 spiro atoms. The van der Waals surface area contributed by atoms with Crippen molar-refractivity contribution in [1.82, 2.24) is 9.38 Å². The van der Waals surface area contributed by atoms with E-state index >= 15 is 0 Å². The molecule has 0 bridgehead atoms. The minimum absolute atomic E-state index is 0. The Morgan fingerprint density at radius 3 is 2.82 bits per heavy atom. The lowest BCUT2D eigenvalue weighted by molar-refractivity contribution is 0.107. The minimum Gasteiger partial charge on any atom is -0.489 e. The topological polar surface area (TPSA) is 43.6 Å². The lowest BCUT2D eigenvalue weighted by atomic mass is 9.90. The van der Waals surface area contributed by atoms with E-state index in [4.69, 9.17) is 16.3 Å². The molecule has 22 heavy (non-hydrogen) atoms. The number of ether oxygens (including phenoxy) is 1. The van der Waals surface area contributed by atoms with Gasteiger partial charge in [-0.05, 0) is 49.4 Å². The molecular formula is C16H20Cl2N2O2. The lowest BCUT2D eigenvalue weighted by Crippen LogP contribution is -2.15. The van der Waals surface area contributed by atoms with E-state index in [0.29, 0.717) is 23.0 Å². The van der Waals surface area contributed by atoms with Crippen LogP contribution in [0.4, 0.5) is 0 Å². The van der Waals surface area contributed by atoms with Crippen LogP contribution < -0.4 is 4.74 Å². The van der Waals surface area contributed by atoms with Gasteiger partial charge in [0.1, 0.15) is 5.69 Å². The predicted octanol–water partition coefficient (Wildman–Crippen LogP) is 4.40. The highest BCUT2D eigenvalue weighted by Crippen LogP contribution is 2.27. The second-order valence-electron chi connectivity index (χ2n) is 5.70. The number of hydrogen-bond acceptors (Lipinski definition) is 3. The molecule has 0 saturated heterocycles. The molecule has 0 N–H and O–H groups in total. The summed E-state index contributed by atoms with van der Waals surface area (Å²) in [5.41, 5.74) is 1.70. The monoisotopic (exact) mass is 342 g/mol. The van der Waals surface area contributed by atoms with E-state index in [2.05, 4.69) is 4.98 Å². The first kappa shape index (κ1) is 17.1. The molecule has 2 aromatic rings. The number of fused-ring (bicyclic) bond motifs is 1. The van der Waals surface area contributed by atoms with Crippen molar-refractivity contribution in [2.24, 2.45) is 5.92 Å². The molecule has 1 aliphatic carbocycles. The fourth-order valence-corrected chi connectivity index (χ4v) is 3.29. The molecule has 120 valence electrons. The molecular weight excluding hydrogens is 323 g/mol. The number of imidazole rings is 1. The van der Waals surface area contributed by atoms with Gasteiger partial charge in [0.15, 0.2) is 11.4 Å². The van der Waals surface area contributed by atoms with Gasteiger partial charge in [-0.15, -0.1) is 12.4 Å². The molecule has 0 aromatic carbocycles. The van der Waals surface area contributed by atoms with Crippen LogP contribution >= 0.6 is 24.0 Å². The van der Waals surface area contributed by atoms with Crippen molar-refractivity contribution in [2.75, 3.05) is 6.61 Å². The zero-order valence-electron chi connectivity index (χ0n) is 12.5. The fourth-order valence-electron chi connectivity index (χ4n) is 3.07. The Bertz CT molecular complexity index is 663. The quantitative estimate of drug-likeness (QED) is 0.773. The molecule has 2 heterocycles. The third kappa shape index (κ3) is 3.39. The Kier molecular flexibility index (Phi) is 5.70. The molecule has 0 aliphatic heterocycles. The molecule has 0 unspecified atom stereocenters. The maximum Gasteiger partial charge on any atom is 0.271 e. The first-order valence-electron chi connectivity index (χ1n) is 7.47. The molecule has 1 aliphatic rings. The summed E-state index contributed by atoms with van der Waals surface area (Å²) in [6.45, 7) is 2.50. The van der Waals surface area contributed by atoms with Crippen LogP contribution in [0.2, 0.25) is 0 Å². The summed E-state index contributed by atoms with van der Waals surface area (Å²) in [5.74, 6) is 1.35. The third-order valence-corrected chi connectivity index (χ3v) is 4.35. The molecule has 6 heteroatoms. The molecule has 0 atom stereocenters. The van der Waals surface area contributed by atoms with Crippen LogP contribution in [-0.4, -0.2) is 21.2 Å². The maximum atomic E-state index is 11.5. The van der Waals surface area contributed by atoms with E-state index in [0.717, 1.165) is 12.4 Å². The Hall–Kier alpha value is -1.26. The first-order valence-corrected chi connectivity index (χ1v) is 7.85. The summed E-state index contributed by atoms with van der Waals surface area (Å²) in [7, 11) is 0. The molecule has 3 rings (SSSR count). The predicted molar refractivity (Wildman–Crippen MR) is 89.4 cm³/mol. The Morgan fingerprint density at radius 1 is 1.41 bits per heavy atom. The highest BCUT2D eigenvalue weighted by molar-refractivity contribution is 6.67. The highest BCUT2D eigenvalue weighted by Gasteiger charge is 2.18. The Morgan fingerprint density at radius 2 is 2.14 bits per heavy atom. The van der Waals surface area contributed by atoms with Gasteiger partial charge in [0, 0.05) is 6.20 Å². The fraction of sp³-hybridized carbons (Fsp3) is 0.500. The van der Waals surface area contributed by atoms with Crippen molar-refractivity contribution in [3.05, 3.63) is 29.7 Å². The Labute approximate surface area is 141 Å². The summed E-state index contributed by atoms with van der Waals surface area (Å²) in [5, 5.41) is -0.496. The van der Waals surface area contributed by atoms with Gasteiger partial charge in [-0.1, -0.05) is 19.3 Å². The highest BCUT2D eigenvalue weighted by atomic mass is 35.5. The molecule has 0 radical (unpaired) electrons. The Balaban J connectivity index is 0.00000176. The number of carbonyl (C=O) groups excluding carboxylic acids is 1. The van der Waals surface area contributed by atoms with Crippen LogP contribution in [0.15, 0.2) is 18.3 Å². The van der Waals surface area contributed by atoms with Crippen molar-refractivity contribution in [1.29, 1.82) is 0 Å². The van der Waals surface area contributed by atoms with E-state index in [1.807, 2.05) is 12.1 Å². The van der Waals surface area contributed by atoms with Crippen molar-refractivity contribution in [3.63, 3.8) is 0 Å². The van der Waals surface area contributed by atoms with Crippen molar-refractivity contribution in [2.45, 2.75) is 39.0 Å². The van der Waals surface area contributed by atoms with Gasteiger partial charge in [-0.2, -0.15) is 0 Å². The van der Waals surface area contributed by atoms with Crippen molar-refractivity contribution < 1.29 is 9.53 Å². The second-order valence-corrected chi connectivity index (χ2v) is 6.04. The number of aromatic nitrogens is 2. The van der Waals surface area contributed by atoms with E-state index in [9.17, 15) is 4.79 Å². The van der Waals surface area contributed by atoms with Crippen LogP contribution in [0.3, 0.4) is 0 Å². The number of aryl methyl sites for hydroxylation is 1. The van der Waals surface area contributed by atoms with Gasteiger partial charge in [0.05, 0.1) is 12.3 Å². The van der Waals surface area contributed by atoms with E-state index in [1.54, 1.807) is 17.5 Å². The maximum absolute atomic E-state index is 11.5. The third-order valence-electron chi connectivity index (χ3n) is 4.17. The zero-order chi connectivity index (χ0) is 14.8. The van der Waals surface area contributed by atoms with Gasteiger partial charge in [0.2, 0.25) is 0 Å². The van der Waals surface area contributed by atoms with Gasteiger partial charge >= 0.3 is 0 Å². The van der Waals surface area contributed by atoms with Crippen LogP contribution in [0, 0.1) is 12.8 Å². The molecule has 1 saturated carbocycles.